The fourth-order valence-electron chi connectivity index (χ4n) is 3.10. The number of nitrogens with zero attached hydrogens (tertiary/aromatic N) is 1. The van der Waals surface area contributed by atoms with Crippen molar-refractivity contribution >= 4 is 11.9 Å². The molecule has 1 fully saturated rings. The first-order chi connectivity index (χ1) is 13.1. The van der Waals surface area contributed by atoms with Crippen LogP contribution in [0, 0.1) is 0 Å². The minimum absolute atomic E-state index is 0.00512. The van der Waals surface area contributed by atoms with Crippen LogP contribution in [0.3, 0.4) is 0 Å². The molecule has 150 valence electrons. The highest BCUT2D eigenvalue weighted by atomic mass is 16.5. The van der Waals surface area contributed by atoms with E-state index >= 15 is 0 Å². The summed E-state index contributed by atoms with van der Waals surface area (Å²) in [4.78, 5) is 16.2. The fraction of sp³-hybridized carbons (Fsp3) is 0.600. The molecule has 0 saturated heterocycles. The van der Waals surface area contributed by atoms with Gasteiger partial charge in [0.25, 0.3) is 0 Å². The van der Waals surface area contributed by atoms with Gasteiger partial charge in [-0.2, -0.15) is 0 Å². The van der Waals surface area contributed by atoms with E-state index in [4.69, 9.17) is 9.47 Å². The van der Waals surface area contributed by atoms with Gasteiger partial charge in [-0.25, -0.2) is 0 Å². The van der Waals surface area contributed by atoms with Crippen molar-refractivity contribution in [1.29, 1.82) is 0 Å². The molecule has 7 nitrogen and oxygen atoms in total. The van der Waals surface area contributed by atoms with Gasteiger partial charge in [-0.15, -0.1) is 0 Å². The van der Waals surface area contributed by atoms with E-state index in [9.17, 15) is 4.79 Å². The van der Waals surface area contributed by atoms with E-state index < -0.39 is 0 Å². The van der Waals surface area contributed by atoms with Gasteiger partial charge in [0.05, 0.1) is 20.2 Å². The zero-order valence-electron chi connectivity index (χ0n) is 16.6. The molecule has 1 aromatic carbocycles. The van der Waals surface area contributed by atoms with Crippen LogP contribution in [0.2, 0.25) is 0 Å². The Kier molecular flexibility index (Phi) is 8.74. The Morgan fingerprint density at radius 2 is 1.96 bits per heavy atom. The van der Waals surface area contributed by atoms with Gasteiger partial charge < -0.3 is 25.4 Å². The molecule has 1 aromatic rings. The zero-order chi connectivity index (χ0) is 19.5. The smallest absolute Gasteiger partial charge is 0.239 e. The van der Waals surface area contributed by atoms with Gasteiger partial charge in [-0.05, 0) is 31.9 Å². The zero-order valence-corrected chi connectivity index (χ0v) is 16.6. The first kappa shape index (κ1) is 20.9. The largest absolute Gasteiger partial charge is 0.497 e. The summed E-state index contributed by atoms with van der Waals surface area (Å²) >= 11 is 0. The van der Waals surface area contributed by atoms with Crippen molar-refractivity contribution < 1.29 is 14.3 Å². The van der Waals surface area contributed by atoms with Gasteiger partial charge in [0.2, 0.25) is 5.91 Å². The lowest BCUT2D eigenvalue weighted by atomic mass is 9.95. The topological polar surface area (TPSA) is 84.0 Å². The third-order valence-electron chi connectivity index (χ3n) is 4.55. The van der Waals surface area contributed by atoms with Crippen molar-refractivity contribution in [2.45, 2.75) is 51.2 Å². The normalized spacial score (nSPS) is 16.3. The van der Waals surface area contributed by atoms with E-state index in [-0.39, 0.29) is 18.6 Å². The van der Waals surface area contributed by atoms with Gasteiger partial charge in [-0.1, -0.05) is 25.3 Å². The van der Waals surface area contributed by atoms with Crippen molar-refractivity contribution in [2.24, 2.45) is 4.99 Å². The second-order valence-corrected chi connectivity index (χ2v) is 6.82. The predicted octanol–water partition coefficient (Wildman–Crippen LogP) is 2.08. The number of carbonyl (C=O) groups excluding carboxylic acids is 1. The molecule has 1 saturated carbocycles. The van der Waals surface area contributed by atoms with Crippen LogP contribution in [0.5, 0.6) is 11.5 Å². The lowest BCUT2D eigenvalue weighted by molar-refractivity contribution is -0.120. The van der Waals surface area contributed by atoms with Crippen LogP contribution in [0.4, 0.5) is 0 Å². The Bertz CT molecular complexity index is 615. The quantitative estimate of drug-likeness (QED) is 0.478. The average molecular weight is 377 g/mol. The van der Waals surface area contributed by atoms with Crippen LogP contribution in [-0.4, -0.2) is 51.3 Å². The highest BCUT2D eigenvalue weighted by molar-refractivity contribution is 5.86. The lowest BCUT2D eigenvalue weighted by Crippen LogP contribution is -2.47. The van der Waals surface area contributed by atoms with Crippen molar-refractivity contribution in [3.05, 3.63) is 24.3 Å². The second-order valence-electron chi connectivity index (χ2n) is 6.82. The van der Waals surface area contributed by atoms with Crippen LogP contribution in [-0.2, 0) is 4.79 Å². The molecular weight excluding hydrogens is 344 g/mol. The molecule has 0 bridgehead atoms. The molecule has 1 unspecified atom stereocenters. The third-order valence-corrected chi connectivity index (χ3v) is 4.55. The Labute approximate surface area is 161 Å². The summed E-state index contributed by atoms with van der Waals surface area (Å²) < 4.78 is 11.1. The number of hydrogen-bond acceptors (Lipinski definition) is 4. The molecule has 7 heteroatoms. The minimum atomic E-state index is -0.0771. The molecule has 27 heavy (non-hydrogen) atoms. The molecule has 1 aliphatic rings. The molecule has 0 aliphatic heterocycles. The first-order valence-electron chi connectivity index (χ1n) is 9.65. The molecule has 1 amide bonds. The van der Waals surface area contributed by atoms with Crippen LogP contribution in [0.25, 0.3) is 0 Å². The Balaban J connectivity index is 1.68. The van der Waals surface area contributed by atoms with E-state index in [1.54, 1.807) is 14.2 Å². The number of amides is 1. The van der Waals surface area contributed by atoms with Crippen molar-refractivity contribution in [2.75, 3.05) is 27.2 Å². The van der Waals surface area contributed by atoms with E-state index in [0.29, 0.717) is 18.5 Å². The van der Waals surface area contributed by atoms with Crippen molar-refractivity contribution in [3.63, 3.8) is 0 Å². The summed E-state index contributed by atoms with van der Waals surface area (Å²) in [5.74, 6) is 2.09. The molecule has 0 spiro atoms. The fourth-order valence-corrected chi connectivity index (χ4v) is 3.10. The van der Waals surface area contributed by atoms with E-state index in [0.717, 1.165) is 24.3 Å². The van der Waals surface area contributed by atoms with Crippen molar-refractivity contribution in [3.8, 4) is 11.5 Å². The summed E-state index contributed by atoms with van der Waals surface area (Å²) in [6.45, 7) is 2.73. The minimum Gasteiger partial charge on any atom is -0.497 e. The van der Waals surface area contributed by atoms with Gasteiger partial charge in [0.15, 0.2) is 5.96 Å². The first-order valence-corrected chi connectivity index (χ1v) is 9.65. The maximum absolute atomic E-state index is 12.1. The summed E-state index contributed by atoms with van der Waals surface area (Å²) in [6.07, 6.45) is 5.76. The van der Waals surface area contributed by atoms with Gasteiger partial charge in [-0.3, -0.25) is 9.79 Å². The number of carbonyl (C=O) groups is 1. The number of nitrogens with one attached hydrogen (secondary N) is 3. The van der Waals surface area contributed by atoms with E-state index in [1.807, 2.05) is 31.2 Å². The number of rotatable bonds is 8. The summed E-state index contributed by atoms with van der Waals surface area (Å²) in [7, 11) is 3.31. The highest BCUT2D eigenvalue weighted by Crippen LogP contribution is 2.19. The predicted molar refractivity (Wildman–Crippen MR) is 107 cm³/mol. The number of methoxy groups -OCH3 is 1. The Hall–Kier alpha value is -2.44. The molecule has 0 heterocycles. The number of guanidine groups is 1. The maximum Gasteiger partial charge on any atom is 0.239 e. The SMILES string of the molecule is CN=C(NCC(=O)NC1CCCCC1)NCC(C)Oc1cccc(OC)c1. The molecule has 1 aliphatic carbocycles. The Morgan fingerprint density at radius 3 is 2.67 bits per heavy atom. The molecule has 3 N–H and O–H groups in total. The monoisotopic (exact) mass is 376 g/mol. The molecule has 1 atom stereocenters. The summed E-state index contributed by atoms with van der Waals surface area (Å²) in [5.41, 5.74) is 0. The molecule has 2 rings (SSSR count). The van der Waals surface area contributed by atoms with Crippen LogP contribution in [0.1, 0.15) is 39.0 Å². The standard InChI is InChI=1S/C20H32N4O3/c1-15(27-18-11-7-10-17(12-18)26-3)13-22-20(21-2)23-14-19(25)24-16-8-5-4-6-9-16/h7,10-12,15-16H,4-6,8-9,13-14H2,1-3H3,(H,24,25)(H2,21,22,23). The maximum atomic E-state index is 12.1. The number of aliphatic imine (C=N–C) groups is 1. The molecule has 0 radical (unpaired) electrons. The van der Waals surface area contributed by atoms with Crippen LogP contribution < -0.4 is 25.4 Å². The number of ether oxygens (including phenoxy) is 2. The summed E-state index contributed by atoms with van der Waals surface area (Å²) in [5, 5.41) is 9.31. The average Bonchev–Trinajstić information content (AvgIpc) is 2.69. The third kappa shape index (κ3) is 7.76. The van der Waals surface area contributed by atoms with Gasteiger partial charge in [0.1, 0.15) is 17.6 Å². The van der Waals surface area contributed by atoms with Gasteiger partial charge in [0, 0.05) is 19.2 Å². The second kappa shape index (κ2) is 11.3. The van der Waals surface area contributed by atoms with E-state index in [2.05, 4.69) is 20.9 Å². The van der Waals surface area contributed by atoms with Crippen LogP contribution >= 0.6 is 0 Å². The lowest BCUT2D eigenvalue weighted by Gasteiger charge is -2.23. The summed E-state index contributed by atoms with van der Waals surface area (Å²) in [6, 6.07) is 7.82. The number of hydrogen-bond donors (Lipinski definition) is 3. The highest BCUT2D eigenvalue weighted by Gasteiger charge is 2.15. The number of benzene rings is 1. The van der Waals surface area contributed by atoms with Crippen LogP contribution in [0.15, 0.2) is 29.3 Å². The van der Waals surface area contributed by atoms with E-state index in [1.165, 1.54) is 19.3 Å². The van der Waals surface area contributed by atoms with Gasteiger partial charge >= 0.3 is 0 Å². The van der Waals surface area contributed by atoms with Crippen molar-refractivity contribution in [1.82, 2.24) is 16.0 Å². The molecule has 0 aromatic heterocycles. The Morgan fingerprint density at radius 1 is 1.22 bits per heavy atom. The molecular formula is C20H32N4O3.